The summed E-state index contributed by atoms with van der Waals surface area (Å²) in [6.45, 7) is 0.686. The Balaban J connectivity index is 2.15. The zero-order valence-corrected chi connectivity index (χ0v) is 8.54. The average molecular weight is 247 g/mol. The standard InChI is InChI=1S/C7H7BrN2OS/c8-6-2-1-5(12-6)4-3-9-7(11)10-4/h1-2,4H,3H2,(H2,9,10,11). The fourth-order valence-electron chi connectivity index (χ4n) is 1.14. The van der Waals surface area contributed by atoms with Crippen LogP contribution in [0.3, 0.4) is 0 Å². The highest BCUT2D eigenvalue weighted by Crippen LogP contribution is 2.27. The van der Waals surface area contributed by atoms with Crippen LogP contribution in [0.25, 0.3) is 0 Å². The Labute approximate surface area is 82.3 Å². The van der Waals surface area contributed by atoms with Crippen LogP contribution >= 0.6 is 27.3 Å². The Morgan fingerprint density at radius 2 is 2.42 bits per heavy atom. The van der Waals surface area contributed by atoms with Crippen molar-refractivity contribution >= 4 is 33.3 Å². The predicted molar refractivity (Wildman–Crippen MR) is 51.3 cm³/mol. The molecule has 1 unspecified atom stereocenters. The molecule has 0 radical (unpaired) electrons. The van der Waals surface area contributed by atoms with Crippen molar-refractivity contribution in [3.8, 4) is 0 Å². The van der Waals surface area contributed by atoms with E-state index < -0.39 is 0 Å². The number of thiophene rings is 1. The lowest BCUT2D eigenvalue weighted by atomic mass is 10.3. The van der Waals surface area contributed by atoms with Crippen LogP contribution in [0, 0.1) is 0 Å². The number of carbonyl (C=O) groups is 1. The van der Waals surface area contributed by atoms with Gasteiger partial charge in [-0.3, -0.25) is 0 Å². The van der Waals surface area contributed by atoms with Crippen molar-refractivity contribution in [1.82, 2.24) is 10.6 Å². The molecule has 12 heavy (non-hydrogen) atoms. The number of hydrogen-bond acceptors (Lipinski definition) is 2. The molecule has 1 aliphatic rings. The quantitative estimate of drug-likeness (QED) is 0.781. The van der Waals surface area contributed by atoms with Gasteiger partial charge in [-0.05, 0) is 28.1 Å². The summed E-state index contributed by atoms with van der Waals surface area (Å²) in [6, 6.07) is 4.08. The van der Waals surface area contributed by atoms with Crippen molar-refractivity contribution in [2.45, 2.75) is 6.04 Å². The second-order valence-corrected chi connectivity index (χ2v) is 5.04. The first kappa shape index (κ1) is 8.07. The molecular weight excluding hydrogens is 240 g/mol. The summed E-state index contributed by atoms with van der Waals surface area (Å²) in [5.74, 6) is 0. The molecule has 3 nitrogen and oxygen atoms in total. The second kappa shape index (κ2) is 3.06. The van der Waals surface area contributed by atoms with Gasteiger partial charge >= 0.3 is 6.03 Å². The number of nitrogens with one attached hydrogen (secondary N) is 2. The van der Waals surface area contributed by atoms with Crippen molar-refractivity contribution in [2.75, 3.05) is 6.54 Å². The lowest BCUT2D eigenvalue weighted by Crippen LogP contribution is -2.21. The van der Waals surface area contributed by atoms with Gasteiger partial charge in [0.25, 0.3) is 0 Å². The molecule has 0 aromatic carbocycles. The molecule has 0 bridgehead atoms. The number of rotatable bonds is 1. The molecule has 1 aliphatic heterocycles. The molecule has 1 saturated heterocycles. The van der Waals surface area contributed by atoms with Gasteiger partial charge in [0.15, 0.2) is 0 Å². The summed E-state index contributed by atoms with van der Waals surface area (Å²) < 4.78 is 1.10. The number of urea groups is 1. The van der Waals surface area contributed by atoms with E-state index in [2.05, 4.69) is 26.6 Å². The van der Waals surface area contributed by atoms with E-state index in [0.29, 0.717) is 6.54 Å². The van der Waals surface area contributed by atoms with Crippen LogP contribution in [0.5, 0.6) is 0 Å². The first-order chi connectivity index (χ1) is 5.75. The molecule has 2 heterocycles. The summed E-state index contributed by atoms with van der Waals surface area (Å²) in [5, 5.41) is 5.54. The topological polar surface area (TPSA) is 41.1 Å². The normalized spacial score (nSPS) is 22.1. The van der Waals surface area contributed by atoms with Crippen molar-refractivity contribution in [2.24, 2.45) is 0 Å². The van der Waals surface area contributed by atoms with Gasteiger partial charge in [0, 0.05) is 11.4 Å². The summed E-state index contributed by atoms with van der Waals surface area (Å²) in [4.78, 5) is 12.0. The van der Waals surface area contributed by atoms with E-state index in [1.807, 2.05) is 12.1 Å². The zero-order chi connectivity index (χ0) is 8.55. The molecule has 0 aliphatic carbocycles. The first-order valence-corrected chi connectivity index (χ1v) is 5.16. The highest BCUT2D eigenvalue weighted by Gasteiger charge is 2.22. The van der Waals surface area contributed by atoms with Crippen LogP contribution in [0.4, 0.5) is 4.79 Å². The summed E-state index contributed by atoms with van der Waals surface area (Å²) in [5.41, 5.74) is 0. The Bertz CT molecular complexity index is 312. The van der Waals surface area contributed by atoms with Gasteiger partial charge in [-0.25, -0.2) is 4.79 Å². The van der Waals surface area contributed by atoms with E-state index in [9.17, 15) is 4.79 Å². The molecule has 5 heteroatoms. The van der Waals surface area contributed by atoms with E-state index in [1.165, 1.54) is 4.88 Å². The van der Waals surface area contributed by atoms with E-state index in [-0.39, 0.29) is 12.1 Å². The minimum atomic E-state index is -0.0791. The largest absolute Gasteiger partial charge is 0.336 e. The molecule has 2 amide bonds. The van der Waals surface area contributed by atoms with Crippen LogP contribution < -0.4 is 10.6 Å². The number of halogens is 1. The summed E-state index contributed by atoms with van der Waals surface area (Å²) in [6.07, 6.45) is 0. The minimum Gasteiger partial charge on any atom is -0.336 e. The highest BCUT2D eigenvalue weighted by molar-refractivity contribution is 9.11. The van der Waals surface area contributed by atoms with Gasteiger partial charge in [0.1, 0.15) is 0 Å². The predicted octanol–water partition coefficient (Wildman–Crippen LogP) is 1.86. The Kier molecular flexibility index (Phi) is 2.06. The molecule has 1 atom stereocenters. The van der Waals surface area contributed by atoms with E-state index in [4.69, 9.17) is 0 Å². The number of carbonyl (C=O) groups excluding carboxylic acids is 1. The van der Waals surface area contributed by atoms with Crippen molar-refractivity contribution in [3.63, 3.8) is 0 Å². The third-order valence-corrected chi connectivity index (χ3v) is 3.45. The van der Waals surface area contributed by atoms with E-state index in [1.54, 1.807) is 11.3 Å². The van der Waals surface area contributed by atoms with Crippen LogP contribution in [0.15, 0.2) is 15.9 Å². The van der Waals surface area contributed by atoms with Crippen LogP contribution in [0.1, 0.15) is 10.9 Å². The van der Waals surface area contributed by atoms with Gasteiger partial charge in [-0.2, -0.15) is 0 Å². The highest BCUT2D eigenvalue weighted by atomic mass is 79.9. The van der Waals surface area contributed by atoms with Crippen LogP contribution in [-0.4, -0.2) is 12.6 Å². The van der Waals surface area contributed by atoms with E-state index >= 15 is 0 Å². The Morgan fingerprint density at radius 1 is 1.58 bits per heavy atom. The molecular formula is C7H7BrN2OS. The molecule has 1 aromatic heterocycles. The smallest absolute Gasteiger partial charge is 0.315 e. The molecule has 2 N–H and O–H groups in total. The maximum absolute atomic E-state index is 10.8. The Hall–Kier alpha value is -0.550. The van der Waals surface area contributed by atoms with Crippen molar-refractivity contribution in [1.29, 1.82) is 0 Å². The second-order valence-electron chi connectivity index (χ2n) is 2.55. The average Bonchev–Trinajstić information content (AvgIpc) is 2.58. The van der Waals surface area contributed by atoms with Gasteiger partial charge in [0.05, 0.1) is 9.83 Å². The Morgan fingerprint density at radius 3 is 2.92 bits per heavy atom. The molecule has 1 fully saturated rings. The maximum Gasteiger partial charge on any atom is 0.315 e. The van der Waals surface area contributed by atoms with Crippen LogP contribution in [0.2, 0.25) is 0 Å². The third-order valence-electron chi connectivity index (χ3n) is 1.71. The summed E-state index contributed by atoms with van der Waals surface area (Å²) in [7, 11) is 0. The monoisotopic (exact) mass is 246 g/mol. The van der Waals surface area contributed by atoms with Gasteiger partial charge < -0.3 is 10.6 Å². The third kappa shape index (κ3) is 1.47. The lowest BCUT2D eigenvalue weighted by Gasteiger charge is -2.03. The fourth-order valence-corrected chi connectivity index (χ4v) is 2.62. The molecule has 0 spiro atoms. The lowest BCUT2D eigenvalue weighted by molar-refractivity contribution is 0.247. The summed E-state index contributed by atoms with van der Waals surface area (Å²) >= 11 is 5.03. The zero-order valence-electron chi connectivity index (χ0n) is 6.13. The SMILES string of the molecule is O=C1NCC(c2ccc(Br)s2)N1. The molecule has 1 aromatic rings. The van der Waals surface area contributed by atoms with Gasteiger partial charge in [-0.1, -0.05) is 0 Å². The van der Waals surface area contributed by atoms with Crippen molar-refractivity contribution < 1.29 is 4.79 Å². The molecule has 0 saturated carbocycles. The molecule has 2 rings (SSSR count). The first-order valence-electron chi connectivity index (χ1n) is 3.55. The molecule has 64 valence electrons. The fraction of sp³-hybridized carbons (Fsp3) is 0.286. The number of hydrogen-bond donors (Lipinski definition) is 2. The van der Waals surface area contributed by atoms with E-state index in [0.717, 1.165) is 3.79 Å². The van der Waals surface area contributed by atoms with Crippen molar-refractivity contribution in [3.05, 3.63) is 20.8 Å². The number of amides is 2. The van der Waals surface area contributed by atoms with Crippen LogP contribution in [-0.2, 0) is 0 Å². The maximum atomic E-state index is 10.8. The minimum absolute atomic E-state index is 0.0791. The van der Waals surface area contributed by atoms with Gasteiger partial charge in [0.2, 0.25) is 0 Å². The van der Waals surface area contributed by atoms with Gasteiger partial charge in [-0.15, -0.1) is 11.3 Å².